The third-order valence-electron chi connectivity index (χ3n) is 1.83. The predicted molar refractivity (Wildman–Crippen MR) is 49.0 cm³/mol. The van der Waals surface area contributed by atoms with E-state index in [0.29, 0.717) is 11.3 Å². The first-order valence-corrected chi connectivity index (χ1v) is 3.95. The summed E-state index contributed by atoms with van der Waals surface area (Å²) in [4.78, 5) is 10.6. The second-order valence-electron chi connectivity index (χ2n) is 2.67. The van der Waals surface area contributed by atoms with Crippen molar-refractivity contribution in [3.63, 3.8) is 0 Å². The Labute approximate surface area is 81.4 Å². The van der Waals surface area contributed by atoms with Gasteiger partial charge in [-0.05, 0) is 17.7 Å². The smallest absolute Gasteiger partial charge is 0.325 e. The molecular formula is C10H9NO3. The zero-order valence-electron chi connectivity index (χ0n) is 7.60. The van der Waals surface area contributed by atoms with E-state index in [1.807, 2.05) is 0 Å². The molecular weight excluding hydrogens is 182 g/mol. The van der Waals surface area contributed by atoms with Crippen molar-refractivity contribution in [2.24, 2.45) is 0 Å². The summed E-state index contributed by atoms with van der Waals surface area (Å²) in [5.74, 6) is -1.62. The maximum atomic E-state index is 10.6. The monoisotopic (exact) mass is 191 g/mol. The largest absolute Gasteiger partial charge is 0.497 e. The molecule has 1 rings (SSSR count). The minimum absolute atomic E-state index is 0.459. The summed E-state index contributed by atoms with van der Waals surface area (Å²) in [6, 6.07) is 8.11. The minimum atomic E-state index is -1.14. The van der Waals surface area contributed by atoms with Crippen molar-refractivity contribution in [2.45, 2.75) is 5.92 Å². The Hall–Kier alpha value is -2.02. The van der Waals surface area contributed by atoms with Gasteiger partial charge in [0.1, 0.15) is 5.75 Å². The average Bonchev–Trinajstić information content (AvgIpc) is 2.19. The molecule has 1 unspecified atom stereocenters. The van der Waals surface area contributed by atoms with Crippen molar-refractivity contribution >= 4 is 5.97 Å². The number of nitriles is 1. The Bertz CT molecular complexity index is 364. The molecule has 0 aliphatic rings. The topological polar surface area (TPSA) is 70.3 Å². The van der Waals surface area contributed by atoms with Crippen molar-refractivity contribution in [1.82, 2.24) is 0 Å². The molecule has 0 heterocycles. The molecule has 0 aliphatic heterocycles. The van der Waals surface area contributed by atoms with Gasteiger partial charge in [0.15, 0.2) is 5.92 Å². The van der Waals surface area contributed by atoms with Gasteiger partial charge in [-0.2, -0.15) is 5.26 Å². The molecule has 1 aromatic rings. The number of hydrogen-bond donors (Lipinski definition) is 1. The molecule has 0 bridgehead atoms. The molecule has 4 heteroatoms. The second kappa shape index (κ2) is 4.28. The average molecular weight is 191 g/mol. The van der Waals surface area contributed by atoms with Crippen LogP contribution >= 0.6 is 0 Å². The molecule has 0 fully saturated rings. The third-order valence-corrected chi connectivity index (χ3v) is 1.83. The molecule has 0 spiro atoms. The molecule has 0 radical (unpaired) electrons. The maximum absolute atomic E-state index is 10.6. The standard InChI is InChI=1S/C10H9NO3/c1-14-8-4-2-7(3-5-8)9(6-11)10(12)13/h2-5,9H,1H3,(H,12,13). The van der Waals surface area contributed by atoms with Gasteiger partial charge in [-0.15, -0.1) is 0 Å². The first kappa shape index (κ1) is 10.1. The number of hydrogen-bond acceptors (Lipinski definition) is 3. The summed E-state index contributed by atoms with van der Waals surface area (Å²) in [5, 5.41) is 17.3. The van der Waals surface area contributed by atoms with Crippen LogP contribution in [0.25, 0.3) is 0 Å². The molecule has 0 aromatic heterocycles. The van der Waals surface area contributed by atoms with E-state index in [4.69, 9.17) is 15.1 Å². The summed E-state index contributed by atoms with van der Waals surface area (Å²) in [6.45, 7) is 0. The number of ether oxygens (including phenoxy) is 1. The number of carboxylic acid groups (broad SMARTS) is 1. The fourth-order valence-corrected chi connectivity index (χ4v) is 1.07. The van der Waals surface area contributed by atoms with Gasteiger partial charge in [-0.1, -0.05) is 12.1 Å². The molecule has 1 N–H and O–H groups in total. The van der Waals surface area contributed by atoms with Crippen molar-refractivity contribution in [3.05, 3.63) is 29.8 Å². The van der Waals surface area contributed by atoms with E-state index >= 15 is 0 Å². The highest BCUT2D eigenvalue weighted by atomic mass is 16.5. The highest BCUT2D eigenvalue weighted by molar-refractivity contribution is 5.79. The summed E-state index contributed by atoms with van der Waals surface area (Å²) >= 11 is 0. The fourth-order valence-electron chi connectivity index (χ4n) is 1.07. The lowest BCUT2D eigenvalue weighted by Gasteiger charge is -2.04. The molecule has 0 amide bonds. The highest BCUT2D eigenvalue weighted by Gasteiger charge is 2.18. The van der Waals surface area contributed by atoms with Crippen LogP contribution in [0.5, 0.6) is 5.75 Å². The SMILES string of the molecule is COc1ccc(C(C#N)C(=O)O)cc1. The Morgan fingerprint density at radius 1 is 1.50 bits per heavy atom. The predicted octanol–water partition coefficient (Wildman–Crippen LogP) is 1.39. The molecule has 72 valence electrons. The van der Waals surface area contributed by atoms with Gasteiger partial charge >= 0.3 is 5.97 Å². The van der Waals surface area contributed by atoms with Crippen LogP contribution in [0.3, 0.4) is 0 Å². The second-order valence-corrected chi connectivity index (χ2v) is 2.67. The lowest BCUT2D eigenvalue weighted by Crippen LogP contribution is -2.08. The highest BCUT2D eigenvalue weighted by Crippen LogP contribution is 2.18. The number of rotatable bonds is 3. The summed E-state index contributed by atoms with van der Waals surface area (Å²) < 4.78 is 4.91. The zero-order valence-corrected chi connectivity index (χ0v) is 7.60. The van der Waals surface area contributed by atoms with Crippen molar-refractivity contribution in [1.29, 1.82) is 5.26 Å². The van der Waals surface area contributed by atoms with Crippen LogP contribution in [0.4, 0.5) is 0 Å². The Balaban J connectivity index is 2.96. The van der Waals surface area contributed by atoms with Gasteiger partial charge in [0.05, 0.1) is 13.2 Å². The van der Waals surface area contributed by atoms with Crippen LogP contribution in [0, 0.1) is 11.3 Å². The maximum Gasteiger partial charge on any atom is 0.325 e. The number of carboxylic acids is 1. The quantitative estimate of drug-likeness (QED) is 0.783. The summed E-state index contributed by atoms with van der Waals surface area (Å²) in [5.41, 5.74) is 0.459. The van der Waals surface area contributed by atoms with Crippen LogP contribution in [0.1, 0.15) is 11.5 Å². The van der Waals surface area contributed by atoms with E-state index in [-0.39, 0.29) is 0 Å². The van der Waals surface area contributed by atoms with Crippen molar-refractivity contribution in [2.75, 3.05) is 7.11 Å². The fraction of sp³-hybridized carbons (Fsp3) is 0.200. The first-order chi connectivity index (χ1) is 6.69. The number of aliphatic carboxylic acids is 1. The van der Waals surface area contributed by atoms with Crippen LogP contribution < -0.4 is 4.74 Å². The number of nitrogens with zero attached hydrogens (tertiary/aromatic N) is 1. The van der Waals surface area contributed by atoms with E-state index in [1.165, 1.54) is 7.11 Å². The van der Waals surface area contributed by atoms with Gasteiger partial charge in [-0.25, -0.2) is 0 Å². The minimum Gasteiger partial charge on any atom is -0.497 e. The lowest BCUT2D eigenvalue weighted by molar-refractivity contribution is -0.137. The Morgan fingerprint density at radius 3 is 2.43 bits per heavy atom. The molecule has 0 aliphatic carbocycles. The molecule has 0 saturated heterocycles. The number of carbonyl (C=O) groups is 1. The van der Waals surface area contributed by atoms with E-state index in [2.05, 4.69) is 0 Å². The molecule has 1 atom stereocenters. The van der Waals surface area contributed by atoms with E-state index in [0.717, 1.165) is 0 Å². The molecule has 1 aromatic carbocycles. The molecule has 14 heavy (non-hydrogen) atoms. The van der Waals surface area contributed by atoms with Gasteiger partial charge < -0.3 is 9.84 Å². The van der Waals surface area contributed by atoms with Crippen LogP contribution in [-0.2, 0) is 4.79 Å². The van der Waals surface area contributed by atoms with Gasteiger partial charge in [0.25, 0.3) is 0 Å². The van der Waals surface area contributed by atoms with Gasteiger partial charge in [0.2, 0.25) is 0 Å². The van der Waals surface area contributed by atoms with E-state index in [9.17, 15) is 4.79 Å². The molecule has 4 nitrogen and oxygen atoms in total. The lowest BCUT2D eigenvalue weighted by atomic mass is 10.0. The van der Waals surface area contributed by atoms with Crippen molar-refractivity contribution < 1.29 is 14.6 Å². The Morgan fingerprint density at radius 2 is 2.07 bits per heavy atom. The van der Waals surface area contributed by atoms with Crippen LogP contribution in [-0.4, -0.2) is 18.2 Å². The van der Waals surface area contributed by atoms with E-state index in [1.54, 1.807) is 30.3 Å². The normalized spacial score (nSPS) is 11.4. The van der Waals surface area contributed by atoms with Crippen LogP contribution in [0.2, 0.25) is 0 Å². The van der Waals surface area contributed by atoms with Crippen LogP contribution in [0.15, 0.2) is 24.3 Å². The van der Waals surface area contributed by atoms with Gasteiger partial charge in [-0.3, -0.25) is 4.79 Å². The number of benzene rings is 1. The first-order valence-electron chi connectivity index (χ1n) is 3.95. The van der Waals surface area contributed by atoms with E-state index < -0.39 is 11.9 Å². The van der Waals surface area contributed by atoms with Crippen molar-refractivity contribution in [3.8, 4) is 11.8 Å². The zero-order chi connectivity index (χ0) is 10.6. The summed E-state index contributed by atoms with van der Waals surface area (Å²) in [6.07, 6.45) is 0. The molecule has 0 saturated carbocycles. The van der Waals surface area contributed by atoms with Gasteiger partial charge in [0, 0.05) is 0 Å². The Kier molecular flexibility index (Phi) is 3.08. The third kappa shape index (κ3) is 2.02. The summed E-state index contributed by atoms with van der Waals surface area (Å²) in [7, 11) is 1.52. The number of methoxy groups -OCH3 is 1.